The van der Waals surface area contributed by atoms with Crippen molar-refractivity contribution in [1.82, 2.24) is 10.3 Å². The zero-order valence-corrected chi connectivity index (χ0v) is 20.8. The zero-order chi connectivity index (χ0) is 22.7. The Morgan fingerprint density at radius 1 is 1.40 bits per heavy atom. The lowest BCUT2D eigenvalue weighted by Crippen LogP contribution is -2.59. The molecule has 1 saturated heterocycles. The lowest BCUT2D eigenvalue weighted by atomic mass is 10.0. The minimum atomic E-state index is -1.98. The zero-order valence-electron chi connectivity index (χ0n) is 18.2. The van der Waals surface area contributed by atoms with Crippen molar-refractivity contribution in [3.05, 3.63) is 23.2 Å². The van der Waals surface area contributed by atoms with Crippen LogP contribution in [0.25, 0.3) is 0 Å². The molecular weight excluding hydrogens is 442 g/mol. The van der Waals surface area contributed by atoms with Crippen molar-refractivity contribution in [2.75, 3.05) is 18.5 Å². The maximum absolute atomic E-state index is 12.7. The first kappa shape index (κ1) is 24.6. The maximum Gasteiger partial charge on any atom is 0.413 e. The van der Waals surface area contributed by atoms with E-state index in [0.717, 1.165) is 23.1 Å². The molecule has 166 valence electrons. The number of hydrogen-bond donors (Lipinski definition) is 2. The number of carbonyl (C=O) groups excluding carboxylic acids is 3. The molecular formula is C19H29N3O5S2Si. The second-order valence-electron chi connectivity index (χ2n) is 8.46. The van der Waals surface area contributed by atoms with Crippen molar-refractivity contribution in [2.24, 2.45) is 5.92 Å². The Balaban J connectivity index is 1.96. The van der Waals surface area contributed by atoms with Crippen molar-refractivity contribution < 1.29 is 23.5 Å². The normalized spacial score (nSPS) is 18.9. The summed E-state index contributed by atoms with van der Waals surface area (Å²) in [5.74, 6) is -0.472. The van der Waals surface area contributed by atoms with E-state index >= 15 is 0 Å². The van der Waals surface area contributed by atoms with Gasteiger partial charge in [-0.3, -0.25) is 14.9 Å². The van der Waals surface area contributed by atoms with Crippen molar-refractivity contribution in [2.45, 2.75) is 51.2 Å². The molecule has 1 aliphatic heterocycles. The molecule has 2 rings (SSSR count). The van der Waals surface area contributed by atoms with Gasteiger partial charge in [-0.05, 0) is 25.1 Å². The molecule has 0 aliphatic carbocycles. The molecule has 30 heavy (non-hydrogen) atoms. The smallest absolute Gasteiger partial charge is 0.413 e. The van der Waals surface area contributed by atoms with Crippen LogP contribution in [-0.4, -0.2) is 49.0 Å². The molecule has 2 amide bonds. The Bertz CT molecular complexity index is 835. The van der Waals surface area contributed by atoms with Gasteiger partial charge in [0.05, 0.1) is 17.0 Å². The number of nitrogens with one attached hydrogen (secondary N) is 2. The van der Waals surface area contributed by atoms with Crippen LogP contribution in [0.1, 0.15) is 36.1 Å². The Hall–Kier alpha value is -1.69. The van der Waals surface area contributed by atoms with Crippen LogP contribution in [0.4, 0.5) is 9.93 Å². The number of aromatic nitrogens is 1. The molecule has 1 aromatic heterocycles. The average Bonchev–Trinajstić information content (AvgIpc) is 2.98. The number of amides is 2. The highest BCUT2D eigenvalue weighted by atomic mass is 32.2. The molecule has 2 N–H and O–H groups in total. The van der Waals surface area contributed by atoms with Gasteiger partial charge in [-0.2, -0.15) is 0 Å². The second-order valence-corrected chi connectivity index (χ2v) is 15.4. The van der Waals surface area contributed by atoms with Crippen LogP contribution in [0.15, 0.2) is 12.7 Å². The third-order valence-electron chi connectivity index (χ3n) is 5.17. The van der Waals surface area contributed by atoms with Crippen LogP contribution in [0.3, 0.4) is 0 Å². The Morgan fingerprint density at radius 2 is 2.07 bits per heavy atom. The van der Waals surface area contributed by atoms with E-state index in [2.05, 4.69) is 56.1 Å². The summed E-state index contributed by atoms with van der Waals surface area (Å²) in [6, 6.07) is 0. The molecule has 2 heterocycles. The summed E-state index contributed by atoms with van der Waals surface area (Å²) in [6.07, 6.45) is 0.792. The fraction of sp³-hybridized carbons (Fsp3) is 0.579. The summed E-state index contributed by atoms with van der Waals surface area (Å²) in [6.45, 7) is 16.2. The van der Waals surface area contributed by atoms with Crippen LogP contribution in [0.5, 0.6) is 0 Å². The predicted octanol–water partition coefficient (Wildman–Crippen LogP) is 4.15. The first-order valence-corrected chi connectivity index (χ1v) is 14.1. The maximum atomic E-state index is 12.7. The Morgan fingerprint density at radius 3 is 2.63 bits per heavy atom. The van der Waals surface area contributed by atoms with Gasteiger partial charge in [0.15, 0.2) is 13.4 Å². The number of aryl methyl sites for hydroxylation is 1. The summed E-state index contributed by atoms with van der Waals surface area (Å²) in [4.78, 5) is 41.0. The summed E-state index contributed by atoms with van der Waals surface area (Å²) >= 11 is 2.12. The standard InChI is InChI=1S/C19H29N3O5S2Si/c1-8-9-26-18(25)22-17-20-11(2)13(28-17)16(24)29-15-12(14(23)21-15)10-27-30(6,7)19(3,4)5/h8,12,15H,1,9-10H2,2-7H3,(H,21,23)(H,20,22,25)/t12-,15+/m0/s1. The SMILES string of the molecule is C=CCOC(=O)Nc1nc(C)c(C(=O)S[C@H]2NC(=O)[C@@H]2CO[Si](C)(C)C(C)(C)C)s1. The van der Waals surface area contributed by atoms with Crippen LogP contribution in [0.2, 0.25) is 18.1 Å². The quantitative estimate of drug-likeness (QED) is 0.333. The summed E-state index contributed by atoms with van der Waals surface area (Å²) in [5.41, 5.74) is 0.510. The highest BCUT2D eigenvalue weighted by molar-refractivity contribution is 8.15. The van der Waals surface area contributed by atoms with Gasteiger partial charge in [-0.15, -0.1) is 0 Å². The van der Waals surface area contributed by atoms with Crippen LogP contribution in [-0.2, 0) is 14.0 Å². The van der Waals surface area contributed by atoms with E-state index in [1.165, 1.54) is 6.08 Å². The van der Waals surface area contributed by atoms with E-state index in [9.17, 15) is 14.4 Å². The minimum Gasteiger partial charge on any atom is -0.445 e. The summed E-state index contributed by atoms with van der Waals surface area (Å²) in [7, 11) is -1.98. The number of carbonyl (C=O) groups is 3. The lowest BCUT2D eigenvalue weighted by Gasteiger charge is -2.41. The van der Waals surface area contributed by atoms with Crippen LogP contribution in [0, 0.1) is 12.8 Å². The number of ether oxygens (including phenoxy) is 1. The molecule has 0 radical (unpaired) electrons. The van der Waals surface area contributed by atoms with E-state index in [1.54, 1.807) is 6.92 Å². The number of hydrogen-bond acceptors (Lipinski definition) is 8. The highest BCUT2D eigenvalue weighted by Gasteiger charge is 2.45. The third kappa shape index (κ3) is 5.93. The summed E-state index contributed by atoms with van der Waals surface area (Å²) in [5, 5.41) is 5.04. The molecule has 1 aromatic rings. The van der Waals surface area contributed by atoms with Crippen molar-refractivity contribution in [3.8, 4) is 0 Å². The number of thiazole rings is 1. The van der Waals surface area contributed by atoms with Crippen molar-refractivity contribution in [3.63, 3.8) is 0 Å². The monoisotopic (exact) mass is 471 g/mol. The molecule has 8 nitrogen and oxygen atoms in total. The summed E-state index contributed by atoms with van der Waals surface area (Å²) < 4.78 is 11.0. The van der Waals surface area contributed by atoms with Gasteiger partial charge in [0.2, 0.25) is 11.0 Å². The van der Waals surface area contributed by atoms with E-state index in [4.69, 9.17) is 9.16 Å². The second kappa shape index (κ2) is 9.63. The van der Waals surface area contributed by atoms with Gasteiger partial charge in [-0.1, -0.05) is 56.5 Å². The number of nitrogens with zero attached hydrogens (tertiary/aromatic N) is 1. The van der Waals surface area contributed by atoms with Crippen LogP contribution >= 0.6 is 23.1 Å². The van der Waals surface area contributed by atoms with Gasteiger partial charge < -0.3 is 14.5 Å². The Kier molecular flexibility index (Phi) is 7.89. The predicted molar refractivity (Wildman–Crippen MR) is 123 cm³/mol. The molecule has 1 fully saturated rings. The minimum absolute atomic E-state index is 0.0433. The molecule has 0 spiro atoms. The number of anilines is 1. The van der Waals surface area contributed by atoms with E-state index in [-0.39, 0.29) is 39.1 Å². The van der Waals surface area contributed by atoms with Gasteiger partial charge in [0, 0.05) is 6.61 Å². The fourth-order valence-corrected chi connectivity index (χ4v) is 5.36. The third-order valence-corrected chi connectivity index (χ3v) is 12.0. The van der Waals surface area contributed by atoms with E-state index in [1.807, 2.05) is 0 Å². The molecule has 0 aromatic carbocycles. The number of thioether (sulfide) groups is 1. The van der Waals surface area contributed by atoms with Gasteiger partial charge >= 0.3 is 6.09 Å². The molecule has 1 aliphatic rings. The first-order chi connectivity index (χ1) is 13.9. The van der Waals surface area contributed by atoms with Crippen LogP contribution < -0.4 is 10.6 Å². The van der Waals surface area contributed by atoms with Crippen molar-refractivity contribution >= 4 is 53.7 Å². The van der Waals surface area contributed by atoms with Crippen molar-refractivity contribution in [1.29, 1.82) is 0 Å². The topological polar surface area (TPSA) is 107 Å². The average molecular weight is 472 g/mol. The highest BCUT2D eigenvalue weighted by Crippen LogP contribution is 2.38. The molecule has 11 heteroatoms. The number of rotatable bonds is 8. The van der Waals surface area contributed by atoms with Gasteiger partial charge in [0.1, 0.15) is 11.5 Å². The molecule has 2 atom stereocenters. The van der Waals surface area contributed by atoms with E-state index < -0.39 is 14.4 Å². The number of β-lactam (4-membered cyclic amide) rings is 1. The van der Waals surface area contributed by atoms with E-state index in [0.29, 0.717) is 17.2 Å². The fourth-order valence-electron chi connectivity index (χ4n) is 2.24. The Labute approximate surface area is 186 Å². The van der Waals surface area contributed by atoms with Gasteiger partial charge in [0.25, 0.3) is 0 Å². The van der Waals surface area contributed by atoms with Gasteiger partial charge in [-0.25, -0.2) is 9.78 Å². The molecule has 0 saturated carbocycles. The molecule has 0 bridgehead atoms. The largest absolute Gasteiger partial charge is 0.445 e. The lowest BCUT2D eigenvalue weighted by molar-refractivity contribution is -0.133. The first-order valence-electron chi connectivity index (χ1n) is 9.53. The molecule has 0 unspecified atom stereocenters.